The fourth-order valence-corrected chi connectivity index (χ4v) is 7.87. The van der Waals surface area contributed by atoms with Crippen LogP contribution in [0.1, 0.15) is 34.9 Å². The summed E-state index contributed by atoms with van der Waals surface area (Å²) in [7, 11) is 4.18. The Balaban J connectivity index is 1.76. The van der Waals surface area contributed by atoms with Gasteiger partial charge in [0.1, 0.15) is 6.10 Å². The molecule has 0 aliphatic carbocycles. The molecule has 1 aliphatic rings. The lowest BCUT2D eigenvalue weighted by Crippen LogP contribution is -2.20. The average molecular weight is 457 g/mol. The molecule has 4 rings (SSSR count). The smallest absolute Gasteiger partial charge is 0.204 e. The summed E-state index contributed by atoms with van der Waals surface area (Å²) in [6.07, 6.45) is -0.255. The van der Waals surface area contributed by atoms with Crippen LogP contribution in [0, 0.1) is 0 Å². The third-order valence-electron chi connectivity index (χ3n) is 5.76. The van der Waals surface area contributed by atoms with Gasteiger partial charge >= 0.3 is 0 Å². The van der Waals surface area contributed by atoms with Crippen molar-refractivity contribution in [2.24, 2.45) is 0 Å². The Bertz CT molecular complexity index is 950. The van der Waals surface area contributed by atoms with E-state index in [4.69, 9.17) is 27.9 Å². The molecular formula is C24H26ClN2OPS. The Morgan fingerprint density at radius 1 is 0.800 bits per heavy atom. The summed E-state index contributed by atoms with van der Waals surface area (Å²) in [5.74, 6) is 0.357. The van der Waals surface area contributed by atoms with E-state index < -0.39 is 6.57 Å². The maximum atomic E-state index is 6.71. The van der Waals surface area contributed by atoms with Gasteiger partial charge in [-0.05, 0) is 42.6 Å². The molecule has 0 radical (unpaired) electrons. The minimum absolute atomic E-state index is 0.0937. The molecule has 0 aromatic heterocycles. The fourth-order valence-electron chi connectivity index (χ4n) is 4.20. The van der Waals surface area contributed by atoms with Gasteiger partial charge < -0.3 is 4.52 Å². The van der Waals surface area contributed by atoms with E-state index >= 15 is 0 Å². The van der Waals surface area contributed by atoms with E-state index in [1.54, 1.807) is 0 Å². The molecule has 3 aromatic carbocycles. The second kappa shape index (κ2) is 9.32. The molecule has 0 bridgehead atoms. The van der Waals surface area contributed by atoms with Gasteiger partial charge in [0.2, 0.25) is 6.57 Å². The molecule has 1 heterocycles. The zero-order valence-corrected chi connectivity index (χ0v) is 19.6. The van der Waals surface area contributed by atoms with Crippen molar-refractivity contribution in [3.05, 3.63) is 108 Å². The molecule has 0 amide bonds. The van der Waals surface area contributed by atoms with Crippen molar-refractivity contribution in [2.45, 2.75) is 18.2 Å². The molecule has 3 nitrogen and oxygen atoms in total. The van der Waals surface area contributed by atoms with E-state index in [9.17, 15) is 0 Å². The van der Waals surface area contributed by atoms with Crippen molar-refractivity contribution in [3.8, 4) is 0 Å². The molecule has 156 valence electrons. The number of likely N-dealkylation sites (N-methyl/N-ethyl adjacent to an activating group) is 2. The van der Waals surface area contributed by atoms with Crippen LogP contribution >= 0.6 is 18.2 Å². The van der Waals surface area contributed by atoms with Gasteiger partial charge in [-0.3, -0.25) is 0 Å². The highest BCUT2D eigenvalue weighted by molar-refractivity contribution is 8.10. The number of alkyl halides is 1. The van der Waals surface area contributed by atoms with Crippen LogP contribution in [0.5, 0.6) is 0 Å². The number of benzene rings is 3. The zero-order valence-electron chi connectivity index (χ0n) is 17.1. The Hall–Kier alpha value is -1.52. The molecule has 3 aromatic rings. The van der Waals surface area contributed by atoms with Crippen molar-refractivity contribution in [3.63, 3.8) is 0 Å². The van der Waals surface area contributed by atoms with Crippen LogP contribution in [0.2, 0.25) is 0 Å². The number of rotatable bonds is 6. The molecule has 0 unspecified atom stereocenters. The van der Waals surface area contributed by atoms with Gasteiger partial charge in [-0.25, -0.2) is 9.34 Å². The molecule has 0 spiro atoms. The normalized spacial score (nSPS) is 22.8. The van der Waals surface area contributed by atoms with Crippen LogP contribution in [0.25, 0.3) is 0 Å². The Morgan fingerprint density at radius 3 is 1.60 bits per heavy atom. The lowest BCUT2D eigenvalue weighted by molar-refractivity contribution is 0.224. The third kappa shape index (κ3) is 4.01. The molecule has 6 heteroatoms. The number of nitrogens with zero attached hydrogens (tertiary/aromatic N) is 2. The molecule has 3 atom stereocenters. The predicted octanol–water partition coefficient (Wildman–Crippen LogP) is 6.57. The molecule has 1 fully saturated rings. The van der Waals surface area contributed by atoms with Crippen molar-refractivity contribution >= 4 is 30.0 Å². The summed E-state index contributed by atoms with van der Waals surface area (Å²) in [6.45, 7) is -2.52. The molecule has 0 saturated carbocycles. The zero-order chi connectivity index (χ0) is 21.1. The fraction of sp³-hybridized carbons (Fsp3) is 0.250. The highest BCUT2D eigenvalue weighted by Gasteiger charge is 2.51. The van der Waals surface area contributed by atoms with E-state index in [-0.39, 0.29) is 18.2 Å². The van der Waals surface area contributed by atoms with Crippen molar-refractivity contribution in [1.29, 1.82) is 0 Å². The minimum Gasteiger partial charge on any atom is -0.317 e. The second-order valence-electron chi connectivity index (χ2n) is 7.51. The van der Waals surface area contributed by atoms with Crippen LogP contribution < -0.4 is 0 Å². The Morgan fingerprint density at radius 2 is 1.20 bits per heavy atom. The van der Waals surface area contributed by atoms with E-state index in [2.05, 4.69) is 72.0 Å². The van der Waals surface area contributed by atoms with Crippen LogP contribution in [-0.4, -0.2) is 29.3 Å². The Kier molecular flexibility index (Phi) is 6.74. The number of hydrogen-bond donors (Lipinski definition) is 0. The monoisotopic (exact) mass is 456 g/mol. The number of halogens is 1. The minimum atomic E-state index is -2.52. The average Bonchev–Trinajstić information content (AvgIpc) is 3.00. The topological polar surface area (TPSA) is 15.7 Å². The lowest BCUT2D eigenvalue weighted by Gasteiger charge is -2.34. The van der Waals surface area contributed by atoms with E-state index in [1.165, 1.54) is 11.1 Å². The SMILES string of the molecule is CN1[C@H](c2ccccc2)[C@@H](c2ccccc2)N(C)P1(=S)O[C@@H](CCl)c1ccccc1. The van der Waals surface area contributed by atoms with Crippen molar-refractivity contribution < 1.29 is 4.52 Å². The highest BCUT2D eigenvalue weighted by Crippen LogP contribution is 2.70. The molecular weight excluding hydrogens is 431 g/mol. The highest BCUT2D eigenvalue weighted by atomic mass is 35.5. The van der Waals surface area contributed by atoms with Gasteiger partial charge in [0, 0.05) is 0 Å². The first-order valence-electron chi connectivity index (χ1n) is 10.0. The maximum Gasteiger partial charge on any atom is 0.204 e. The second-order valence-corrected chi connectivity index (χ2v) is 11.7. The van der Waals surface area contributed by atoms with Crippen molar-refractivity contribution in [1.82, 2.24) is 9.34 Å². The summed E-state index contributed by atoms with van der Waals surface area (Å²) < 4.78 is 11.2. The summed E-state index contributed by atoms with van der Waals surface area (Å²) in [6, 6.07) is 31.4. The number of hydrogen-bond acceptors (Lipinski definition) is 2. The first kappa shape index (κ1) is 21.7. The van der Waals surface area contributed by atoms with Gasteiger partial charge in [-0.2, -0.15) is 0 Å². The van der Waals surface area contributed by atoms with Gasteiger partial charge in [-0.1, -0.05) is 91.0 Å². The van der Waals surface area contributed by atoms with Gasteiger partial charge in [-0.15, -0.1) is 11.6 Å². The van der Waals surface area contributed by atoms with Crippen LogP contribution in [0.4, 0.5) is 0 Å². The summed E-state index contributed by atoms with van der Waals surface area (Å²) >= 11 is 12.6. The van der Waals surface area contributed by atoms with Crippen molar-refractivity contribution in [2.75, 3.05) is 20.0 Å². The van der Waals surface area contributed by atoms with Crippen LogP contribution in [0.15, 0.2) is 91.0 Å². The largest absolute Gasteiger partial charge is 0.317 e. The Labute approximate surface area is 189 Å². The first-order chi connectivity index (χ1) is 14.6. The molecule has 0 N–H and O–H groups in total. The maximum absolute atomic E-state index is 6.71. The third-order valence-corrected chi connectivity index (χ3v) is 10.5. The predicted molar refractivity (Wildman–Crippen MR) is 129 cm³/mol. The van der Waals surface area contributed by atoms with E-state index in [0.29, 0.717) is 5.88 Å². The van der Waals surface area contributed by atoms with Gasteiger partial charge in [0.05, 0.1) is 18.0 Å². The summed E-state index contributed by atoms with van der Waals surface area (Å²) in [5.41, 5.74) is 3.52. The van der Waals surface area contributed by atoms with Crippen LogP contribution in [0.3, 0.4) is 0 Å². The standard InChI is InChI=1S/C24H26ClN2OPS/c1-26-23(20-14-8-4-9-15-20)24(21-16-10-5-11-17-21)27(2)29(26,30)28-22(18-25)19-12-6-3-7-13-19/h3-17,22-24H,18H2,1-2H3/t22-,23+,24+/m0/s1. The van der Waals surface area contributed by atoms with E-state index in [1.807, 2.05) is 42.5 Å². The quantitative estimate of drug-likeness (QED) is 0.308. The van der Waals surface area contributed by atoms with Gasteiger partial charge in [0.15, 0.2) is 0 Å². The van der Waals surface area contributed by atoms with Crippen LogP contribution in [-0.2, 0) is 16.3 Å². The van der Waals surface area contributed by atoms with E-state index in [0.717, 1.165) is 5.56 Å². The summed E-state index contributed by atoms with van der Waals surface area (Å²) in [4.78, 5) is 0. The molecule has 1 aliphatic heterocycles. The first-order valence-corrected chi connectivity index (χ1v) is 13.2. The molecule has 1 saturated heterocycles. The lowest BCUT2D eigenvalue weighted by atomic mass is 9.93. The molecule has 30 heavy (non-hydrogen) atoms. The van der Waals surface area contributed by atoms with Gasteiger partial charge in [0.25, 0.3) is 0 Å². The summed E-state index contributed by atoms with van der Waals surface area (Å²) in [5, 5.41) is 0.